The van der Waals surface area contributed by atoms with Gasteiger partial charge in [-0.1, -0.05) is 12.7 Å². The van der Waals surface area contributed by atoms with E-state index in [1.54, 1.807) is 12.3 Å². The lowest BCUT2D eigenvalue weighted by molar-refractivity contribution is -0.115. The number of ether oxygens (including phenoxy) is 1. The molecule has 0 fully saturated rings. The van der Waals surface area contributed by atoms with Crippen molar-refractivity contribution in [3.05, 3.63) is 61.1 Å². The topological polar surface area (TPSA) is 67.9 Å². The van der Waals surface area contributed by atoms with Crippen molar-refractivity contribution in [1.82, 2.24) is 15.0 Å². The van der Waals surface area contributed by atoms with Crippen LogP contribution < -0.4 is 4.74 Å². The molecule has 0 bridgehead atoms. The number of allylic oxidation sites excluding steroid dienone is 3. The van der Waals surface area contributed by atoms with E-state index in [0.717, 1.165) is 47.0 Å². The number of nitrogens with one attached hydrogen (secondary N) is 1. The summed E-state index contributed by atoms with van der Waals surface area (Å²) in [6, 6.07) is 5.10. The van der Waals surface area contributed by atoms with Crippen LogP contribution in [0.5, 0.6) is 5.88 Å². The number of carbonyl (C=O) groups is 1. The molecule has 30 heavy (non-hydrogen) atoms. The number of aromatic nitrogens is 3. The molecule has 1 atom stereocenters. The second-order valence-electron chi connectivity index (χ2n) is 7.30. The first-order chi connectivity index (χ1) is 14.5. The molecule has 0 saturated heterocycles. The highest BCUT2D eigenvalue weighted by Crippen LogP contribution is 2.39. The van der Waals surface area contributed by atoms with E-state index in [1.165, 1.54) is 23.9 Å². The van der Waals surface area contributed by atoms with Crippen molar-refractivity contribution in [2.24, 2.45) is 5.92 Å². The first kappa shape index (κ1) is 19.9. The summed E-state index contributed by atoms with van der Waals surface area (Å²) in [4.78, 5) is 23.4. The van der Waals surface area contributed by atoms with Crippen molar-refractivity contribution in [1.29, 1.82) is 0 Å². The number of nitrogens with zero attached hydrogens (tertiary/aromatic N) is 2. The molecule has 1 unspecified atom stereocenters. The Morgan fingerprint density at radius 1 is 1.30 bits per heavy atom. The predicted octanol–water partition coefficient (Wildman–Crippen LogP) is 5.56. The van der Waals surface area contributed by atoms with E-state index in [-0.39, 0.29) is 17.6 Å². The van der Waals surface area contributed by atoms with Crippen molar-refractivity contribution in [2.75, 3.05) is 0 Å². The molecular formula is C23H21F2N3O2. The summed E-state index contributed by atoms with van der Waals surface area (Å²) in [6.45, 7) is 0.661. The fraction of sp³-hybridized carbons (Fsp3) is 0.261. The Morgan fingerprint density at radius 2 is 2.17 bits per heavy atom. The van der Waals surface area contributed by atoms with E-state index in [4.69, 9.17) is 0 Å². The van der Waals surface area contributed by atoms with Crippen molar-refractivity contribution >= 4 is 22.4 Å². The number of hydrogen-bond donors (Lipinski definition) is 1. The zero-order chi connectivity index (χ0) is 21.1. The Hall–Kier alpha value is -3.35. The zero-order valence-electron chi connectivity index (χ0n) is 16.3. The van der Waals surface area contributed by atoms with Crippen LogP contribution in [0.1, 0.15) is 31.2 Å². The molecule has 154 valence electrons. The summed E-state index contributed by atoms with van der Waals surface area (Å²) in [7, 11) is 0. The minimum atomic E-state index is -2.91. The van der Waals surface area contributed by atoms with Gasteiger partial charge in [0.25, 0.3) is 0 Å². The number of carbonyl (C=O) groups excluding carboxylic acids is 1. The van der Waals surface area contributed by atoms with Gasteiger partial charge in [-0.3, -0.25) is 4.79 Å². The number of aromatic amines is 1. The summed E-state index contributed by atoms with van der Waals surface area (Å²) in [5.74, 6) is 0.228. The van der Waals surface area contributed by atoms with E-state index >= 15 is 0 Å². The number of rotatable bonds is 7. The van der Waals surface area contributed by atoms with Gasteiger partial charge in [-0.25, -0.2) is 9.97 Å². The van der Waals surface area contributed by atoms with Crippen LogP contribution in [0.2, 0.25) is 0 Å². The van der Waals surface area contributed by atoms with Crippen LogP contribution in [-0.2, 0) is 4.79 Å². The summed E-state index contributed by atoms with van der Waals surface area (Å²) in [5.41, 5.74) is 4.63. The van der Waals surface area contributed by atoms with Crippen molar-refractivity contribution in [2.45, 2.75) is 32.3 Å². The van der Waals surface area contributed by atoms with E-state index < -0.39 is 6.61 Å². The molecule has 0 spiro atoms. The smallest absolute Gasteiger partial charge is 0.388 e. The highest BCUT2D eigenvalue weighted by Gasteiger charge is 2.21. The largest absolute Gasteiger partial charge is 0.417 e. The van der Waals surface area contributed by atoms with Gasteiger partial charge < -0.3 is 9.72 Å². The van der Waals surface area contributed by atoms with Crippen LogP contribution in [0.15, 0.2) is 55.5 Å². The maximum absolute atomic E-state index is 12.4. The lowest BCUT2D eigenvalue weighted by atomic mass is 9.82. The van der Waals surface area contributed by atoms with Gasteiger partial charge in [-0.15, -0.1) is 0 Å². The fourth-order valence-corrected chi connectivity index (χ4v) is 4.00. The molecule has 0 radical (unpaired) electrons. The Morgan fingerprint density at radius 3 is 2.90 bits per heavy atom. The number of fused-ring (bicyclic) bond motifs is 1. The molecule has 1 aliphatic rings. The minimum absolute atomic E-state index is 0.0700. The van der Waals surface area contributed by atoms with Crippen molar-refractivity contribution in [3.8, 4) is 17.0 Å². The first-order valence-corrected chi connectivity index (χ1v) is 9.77. The van der Waals surface area contributed by atoms with Crippen LogP contribution in [0.25, 0.3) is 27.7 Å². The highest BCUT2D eigenvalue weighted by molar-refractivity contribution is 6.01. The van der Waals surface area contributed by atoms with Gasteiger partial charge in [0.1, 0.15) is 5.65 Å². The third-order valence-electron chi connectivity index (χ3n) is 5.37. The maximum Gasteiger partial charge on any atom is 0.388 e. The maximum atomic E-state index is 12.4. The molecule has 0 amide bonds. The number of halogens is 2. The van der Waals surface area contributed by atoms with Crippen LogP contribution in [0.4, 0.5) is 8.78 Å². The van der Waals surface area contributed by atoms with Gasteiger partial charge in [0.15, 0.2) is 5.78 Å². The standard InChI is InChI=1S/C23H21F2N3O2/c1-2-17(29)11-14-4-3-5-15(10-14)18-8-9-26-22-21(18)19(13-28-22)16-6-7-20(27-12-16)30-23(24)25/h2,5-9,12-14,23H,1,3-4,10-11H2,(H,26,28). The Kier molecular flexibility index (Phi) is 5.70. The second kappa shape index (κ2) is 8.57. The summed E-state index contributed by atoms with van der Waals surface area (Å²) in [6.07, 6.45) is 11.9. The van der Waals surface area contributed by atoms with Crippen LogP contribution in [-0.4, -0.2) is 27.3 Å². The molecule has 5 nitrogen and oxygen atoms in total. The molecule has 3 heterocycles. The molecule has 1 aliphatic carbocycles. The van der Waals surface area contributed by atoms with Gasteiger partial charge >= 0.3 is 6.61 Å². The quantitative estimate of drug-likeness (QED) is 0.519. The average Bonchev–Trinajstić information content (AvgIpc) is 3.18. The minimum Gasteiger partial charge on any atom is -0.417 e. The van der Waals surface area contributed by atoms with Crippen LogP contribution >= 0.6 is 0 Å². The molecular weight excluding hydrogens is 388 g/mol. The van der Waals surface area contributed by atoms with Crippen LogP contribution in [0.3, 0.4) is 0 Å². The fourth-order valence-electron chi connectivity index (χ4n) is 4.00. The molecule has 3 aromatic rings. The highest BCUT2D eigenvalue weighted by atomic mass is 19.3. The Labute approximate surface area is 172 Å². The zero-order valence-corrected chi connectivity index (χ0v) is 16.3. The molecule has 0 aromatic carbocycles. The molecule has 0 aliphatic heterocycles. The third kappa shape index (κ3) is 4.15. The van der Waals surface area contributed by atoms with Crippen molar-refractivity contribution in [3.63, 3.8) is 0 Å². The third-order valence-corrected chi connectivity index (χ3v) is 5.37. The van der Waals surface area contributed by atoms with E-state index in [2.05, 4.69) is 32.3 Å². The molecule has 4 rings (SSSR count). The van der Waals surface area contributed by atoms with Gasteiger partial charge in [-0.05, 0) is 54.5 Å². The summed E-state index contributed by atoms with van der Waals surface area (Å²) >= 11 is 0. The molecule has 0 saturated carbocycles. The Bertz CT molecular complexity index is 1100. The molecule has 3 aromatic heterocycles. The monoisotopic (exact) mass is 409 g/mol. The Balaban J connectivity index is 1.69. The normalized spacial score (nSPS) is 16.5. The van der Waals surface area contributed by atoms with Crippen LogP contribution in [0, 0.1) is 5.92 Å². The molecule has 1 N–H and O–H groups in total. The van der Waals surface area contributed by atoms with Gasteiger partial charge in [0.05, 0.1) is 0 Å². The second-order valence-corrected chi connectivity index (χ2v) is 7.30. The van der Waals surface area contributed by atoms with E-state index in [0.29, 0.717) is 6.42 Å². The van der Waals surface area contributed by atoms with E-state index in [9.17, 15) is 13.6 Å². The van der Waals surface area contributed by atoms with Gasteiger partial charge in [-0.2, -0.15) is 8.78 Å². The van der Waals surface area contributed by atoms with Crippen molar-refractivity contribution < 1.29 is 18.3 Å². The lowest BCUT2D eigenvalue weighted by Gasteiger charge is -2.22. The number of hydrogen-bond acceptors (Lipinski definition) is 4. The number of ketones is 1. The first-order valence-electron chi connectivity index (χ1n) is 9.77. The summed E-state index contributed by atoms with van der Waals surface area (Å²) < 4.78 is 29.1. The summed E-state index contributed by atoms with van der Waals surface area (Å²) in [5, 5.41) is 0.948. The van der Waals surface area contributed by atoms with E-state index in [1.807, 2.05) is 12.3 Å². The number of pyridine rings is 2. The number of H-pyrrole nitrogens is 1. The lowest BCUT2D eigenvalue weighted by Crippen LogP contribution is -2.11. The number of alkyl halides is 2. The predicted molar refractivity (Wildman–Crippen MR) is 111 cm³/mol. The van der Waals surface area contributed by atoms with Gasteiger partial charge in [0, 0.05) is 47.6 Å². The SMILES string of the molecule is C=CC(=O)CC1CCC=C(c2ccnc3[nH]cc(-c4ccc(OC(F)F)nc4)c23)C1. The average molecular weight is 409 g/mol. The molecule has 7 heteroatoms. The van der Waals surface area contributed by atoms with Gasteiger partial charge in [0.2, 0.25) is 5.88 Å².